The van der Waals surface area contributed by atoms with Crippen LogP contribution < -0.4 is 0 Å². The van der Waals surface area contributed by atoms with Crippen LogP contribution in [0.5, 0.6) is 0 Å². The van der Waals surface area contributed by atoms with Gasteiger partial charge in [0.2, 0.25) is 6.04 Å². The highest BCUT2D eigenvalue weighted by atomic mass is 16.6. The largest absolute Gasteiger partial charge is 0.466 e. The standard InChI is InChI=1S/C10H17NO5/c1-2-16-9(13)6-7-4-3-5-8(12)10(7)11(14)15/h7-8,10,12H,2-6H2,1H3/t7-,8-,10-/m1/s1. The van der Waals surface area contributed by atoms with Gasteiger partial charge in [-0.3, -0.25) is 14.9 Å². The number of ether oxygens (including phenoxy) is 1. The third kappa shape index (κ3) is 3.16. The summed E-state index contributed by atoms with van der Waals surface area (Å²) in [4.78, 5) is 21.6. The molecule has 1 aliphatic carbocycles. The molecule has 1 fully saturated rings. The summed E-state index contributed by atoms with van der Waals surface area (Å²) < 4.78 is 4.76. The molecule has 0 heterocycles. The zero-order valence-corrected chi connectivity index (χ0v) is 9.30. The van der Waals surface area contributed by atoms with Crippen molar-refractivity contribution in [2.45, 2.75) is 44.8 Å². The predicted octanol–water partition coefficient (Wildman–Crippen LogP) is 0.746. The first-order chi connectivity index (χ1) is 7.56. The molecule has 0 aromatic carbocycles. The lowest BCUT2D eigenvalue weighted by Crippen LogP contribution is -2.44. The highest BCUT2D eigenvalue weighted by Crippen LogP contribution is 2.29. The summed E-state index contributed by atoms with van der Waals surface area (Å²) in [6.07, 6.45) is 0.835. The number of esters is 1. The molecule has 16 heavy (non-hydrogen) atoms. The Morgan fingerprint density at radius 2 is 2.25 bits per heavy atom. The first-order valence-electron chi connectivity index (χ1n) is 5.53. The van der Waals surface area contributed by atoms with Crippen LogP contribution in [0, 0.1) is 16.0 Å². The molecule has 92 valence electrons. The van der Waals surface area contributed by atoms with Gasteiger partial charge in [-0.15, -0.1) is 0 Å². The van der Waals surface area contributed by atoms with E-state index in [1.807, 2.05) is 0 Å². The number of nitro groups is 1. The minimum absolute atomic E-state index is 0.0244. The van der Waals surface area contributed by atoms with Crippen molar-refractivity contribution in [2.75, 3.05) is 6.61 Å². The second-order valence-corrected chi connectivity index (χ2v) is 4.04. The molecule has 0 amide bonds. The maximum Gasteiger partial charge on any atom is 0.306 e. The molecule has 1 aliphatic rings. The average molecular weight is 231 g/mol. The normalized spacial score (nSPS) is 29.8. The van der Waals surface area contributed by atoms with Crippen molar-refractivity contribution >= 4 is 5.97 Å². The summed E-state index contributed by atoms with van der Waals surface area (Å²) in [6.45, 7) is 1.97. The van der Waals surface area contributed by atoms with Gasteiger partial charge in [0, 0.05) is 10.8 Å². The number of rotatable bonds is 4. The van der Waals surface area contributed by atoms with Gasteiger partial charge < -0.3 is 9.84 Å². The molecule has 0 bridgehead atoms. The third-order valence-corrected chi connectivity index (χ3v) is 2.93. The molecule has 0 aromatic rings. The van der Waals surface area contributed by atoms with Gasteiger partial charge in [0.1, 0.15) is 6.10 Å². The van der Waals surface area contributed by atoms with Crippen molar-refractivity contribution < 1.29 is 19.6 Å². The first-order valence-corrected chi connectivity index (χ1v) is 5.53. The summed E-state index contributed by atoms with van der Waals surface area (Å²) in [6, 6.07) is -1.03. The Labute approximate surface area is 93.7 Å². The van der Waals surface area contributed by atoms with Crippen LogP contribution in [-0.4, -0.2) is 34.8 Å². The molecule has 0 aliphatic heterocycles. The topological polar surface area (TPSA) is 89.7 Å². The van der Waals surface area contributed by atoms with Crippen molar-refractivity contribution in [3.8, 4) is 0 Å². The van der Waals surface area contributed by atoms with Crippen molar-refractivity contribution in [2.24, 2.45) is 5.92 Å². The van der Waals surface area contributed by atoms with Gasteiger partial charge in [-0.25, -0.2) is 0 Å². The third-order valence-electron chi connectivity index (χ3n) is 2.93. The van der Waals surface area contributed by atoms with Gasteiger partial charge in [0.25, 0.3) is 0 Å². The maximum absolute atomic E-state index is 11.3. The molecule has 0 saturated heterocycles. The molecule has 0 spiro atoms. The van der Waals surface area contributed by atoms with E-state index in [0.29, 0.717) is 12.8 Å². The summed E-state index contributed by atoms with van der Waals surface area (Å²) >= 11 is 0. The molecule has 0 unspecified atom stereocenters. The Morgan fingerprint density at radius 1 is 1.56 bits per heavy atom. The summed E-state index contributed by atoms with van der Waals surface area (Å²) in [5, 5.41) is 20.4. The van der Waals surface area contributed by atoms with Crippen LogP contribution in [-0.2, 0) is 9.53 Å². The number of aliphatic hydroxyl groups is 1. The lowest BCUT2D eigenvalue weighted by molar-refractivity contribution is -0.547. The molecular weight excluding hydrogens is 214 g/mol. The van der Waals surface area contributed by atoms with E-state index in [1.165, 1.54) is 0 Å². The fourth-order valence-electron chi connectivity index (χ4n) is 2.21. The SMILES string of the molecule is CCOC(=O)C[C@H]1CCC[C@@H](O)[C@@H]1[N+](=O)[O-]. The Balaban J connectivity index is 2.61. The molecule has 1 N–H and O–H groups in total. The second-order valence-electron chi connectivity index (χ2n) is 4.04. The van der Waals surface area contributed by atoms with Gasteiger partial charge in [-0.05, 0) is 19.8 Å². The number of hydrogen-bond donors (Lipinski definition) is 1. The van der Waals surface area contributed by atoms with Crippen LogP contribution in [0.3, 0.4) is 0 Å². The van der Waals surface area contributed by atoms with E-state index >= 15 is 0 Å². The van der Waals surface area contributed by atoms with E-state index < -0.39 is 29.0 Å². The molecule has 3 atom stereocenters. The van der Waals surface area contributed by atoms with E-state index in [-0.39, 0.29) is 13.0 Å². The summed E-state index contributed by atoms with van der Waals surface area (Å²) in [7, 11) is 0. The van der Waals surface area contributed by atoms with Gasteiger partial charge >= 0.3 is 5.97 Å². The molecule has 6 heteroatoms. The zero-order valence-electron chi connectivity index (χ0n) is 9.30. The predicted molar refractivity (Wildman–Crippen MR) is 55.4 cm³/mol. The smallest absolute Gasteiger partial charge is 0.306 e. The number of hydrogen-bond acceptors (Lipinski definition) is 5. The second kappa shape index (κ2) is 5.79. The van der Waals surface area contributed by atoms with E-state index in [4.69, 9.17) is 4.74 Å². The van der Waals surface area contributed by atoms with E-state index in [0.717, 1.165) is 6.42 Å². The van der Waals surface area contributed by atoms with Crippen LogP contribution in [0.2, 0.25) is 0 Å². The molecule has 0 radical (unpaired) electrons. The maximum atomic E-state index is 11.3. The lowest BCUT2D eigenvalue weighted by Gasteiger charge is -2.28. The number of carbonyl (C=O) groups excluding carboxylic acids is 1. The summed E-state index contributed by atoms with van der Waals surface area (Å²) in [5.74, 6) is -0.828. The Bertz CT molecular complexity index is 268. The fourth-order valence-corrected chi connectivity index (χ4v) is 2.21. The zero-order chi connectivity index (χ0) is 12.1. The molecule has 1 rings (SSSR count). The van der Waals surface area contributed by atoms with Crippen LogP contribution in [0.25, 0.3) is 0 Å². The van der Waals surface area contributed by atoms with Crippen LogP contribution in [0.1, 0.15) is 32.6 Å². The molecule has 0 aromatic heterocycles. The Hall–Kier alpha value is -1.17. The highest BCUT2D eigenvalue weighted by Gasteiger charge is 2.42. The van der Waals surface area contributed by atoms with Crippen LogP contribution >= 0.6 is 0 Å². The number of aliphatic hydroxyl groups excluding tert-OH is 1. The molecule has 6 nitrogen and oxygen atoms in total. The van der Waals surface area contributed by atoms with E-state index in [2.05, 4.69) is 0 Å². The van der Waals surface area contributed by atoms with Crippen molar-refractivity contribution in [1.29, 1.82) is 0 Å². The van der Waals surface area contributed by atoms with Crippen LogP contribution in [0.15, 0.2) is 0 Å². The van der Waals surface area contributed by atoms with Gasteiger partial charge in [-0.1, -0.05) is 6.42 Å². The van der Waals surface area contributed by atoms with Gasteiger partial charge in [-0.2, -0.15) is 0 Å². The van der Waals surface area contributed by atoms with Crippen LogP contribution in [0.4, 0.5) is 0 Å². The average Bonchev–Trinajstić information content (AvgIpc) is 2.17. The van der Waals surface area contributed by atoms with Crippen molar-refractivity contribution in [1.82, 2.24) is 0 Å². The van der Waals surface area contributed by atoms with Gasteiger partial charge in [0.05, 0.1) is 13.0 Å². The molecular formula is C10H17NO5. The quantitative estimate of drug-likeness (QED) is 0.438. The van der Waals surface area contributed by atoms with Gasteiger partial charge in [0.15, 0.2) is 0 Å². The monoisotopic (exact) mass is 231 g/mol. The minimum Gasteiger partial charge on any atom is -0.466 e. The molecule has 1 saturated carbocycles. The highest BCUT2D eigenvalue weighted by molar-refractivity contribution is 5.69. The number of nitrogens with zero attached hydrogens (tertiary/aromatic N) is 1. The number of carbonyl (C=O) groups is 1. The lowest BCUT2D eigenvalue weighted by atomic mass is 9.81. The Kier molecular flexibility index (Phi) is 4.67. The summed E-state index contributed by atoms with van der Waals surface area (Å²) in [5.41, 5.74) is 0. The fraction of sp³-hybridized carbons (Fsp3) is 0.900. The minimum atomic E-state index is -1.03. The van der Waals surface area contributed by atoms with E-state index in [1.54, 1.807) is 6.92 Å². The first kappa shape index (κ1) is 12.9. The van der Waals surface area contributed by atoms with Crippen molar-refractivity contribution in [3.63, 3.8) is 0 Å². The Morgan fingerprint density at radius 3 is 2.81 bits per heavy atom. The van der Waals surface area contributed by atoms with Crippen molar-refractivity contribution in [3.05, 3.63) is 10.1 Å². The van der Waals surface area contributed by atoms with E-state index in [9.17, 15) is 20.0 Å².